The van der Waals surface area contributed by atoms with Crippen LogP contribution in [0.15, 0.2) is 12.1 Å². The maximum absolute atomic E-state index is 13.6. The molecule has 134 valence electrons. The second kappa shape index (κ2) is 7.10. The van der Waals surface area contributed by atoms with Gasteiger partial charge in [-0.25, -0.2) is 21.6 Å². The summed E-state index contributed by atoms with van der Waals surface area (Å²) in [6.07, 6.45) is 0.701. The van der Waals surface area contributed by atoms with Gasteiger partial charge in [0.1, 0.15) is 6.04 Å². The largest absolute Gasteiger partial charge is 0.351 e. The van der Waals surface area contributed by atoms with Gasteiger partial charge >= 0.3 is 0 Å². The van der Waals surface area contributed by atoms with Crippen LogP contribution in [0.4, 0.5) is 13.2 Å². The summed E-state index contributed by atoms with van der Waals surface area (Å²) in [5.41, 5.74) is -0.211. The topological polar surface area (TPSA) is 66.5 Å². The molecule has 1 unspecified atom stereocenters. The predicted octanol–water partition coefficient (Wildman–Crippen LogP) is 1.92. The minimum Gasteiger partial charge on any atom is -0.351 e. The molecule has 1 atom stereocenters. The van der Waals surface area contributed by atoms with Gasteiger partial charge in [0, 0.05) is 18.2 Å². The average molecular weight is 364 g/mol. The Morgan fingerprint density at radius 2 is 1.96 bits per heavy atom. The predicted molar refractivity (Wildman–Crippen MR) is 81.9 cm³/mol. The van der Waals surface area contributed by atoms with Crippen LogP contribution in [0.25, 0.3) is 0 Å². The molecule has 0 radical (unpaired) electrons. The summed E-state index contributed by atoms with van der Waals surface area (Å²) in [6, 6.07) is 0.514. The van der Waals surface area contributed by atoms with Gasteiger partial charge in [0.2, 0.25) is 15.9 Å². The first-order chi connectivity index (χ1) is 11.1. The van der Waals surface area contributed by atoms with E-state index in [1.165, 1.54) is 0 Å². The number of rotatable bonds is 4. The van der Waals surface area contributed by atoms with E-state index in [1.54, 1.807) is 13.8 Å². The van der Waals surface area contributed by atoms with E-state index in [0.29, 0.717) is 12.8 Å². The van der Waals surface area contributed by atoms with Crippen molar-refractivity contribution in [2.75, 3.05) is 5.75 Å². The van der Waals surface area contributed by atoms with Crippen LogP contribution in [0, 0.1) is 17.5 Å². The molecule has 1 N–H and O–H groups in total. The van der Waals surface area contributed by atoms with Gasteiger partial charge in [-0.2, -0.15) is 4.31 Å². The number of hydrogen-bond donors (Lipinski definition) is 1. The fraction of sp³-hybridized carbons (Fsp3) is 0.533. The highest BCUT2D eigenvalue weighted by Crippen LogP contribution is 2.24. The Morgan fingerprint density at radius 3 is 2.58 bits per heavy atom. The van der Waals surface area contributed by atoms with Crippen LogP contribution in [-0.4, -0.2) is 36.5 Å². The fourth-order valence-corrected chi connectivity index (χ4v) is 4.79. The molecule has 1 amide bonds. The Bertz CT molecular complexity index is 738. The number of amides is 1. The van der Waals surface area contributed by atoms with Gasteiger partial charge in [-0.15, -0.1) is 0 Å². The smallest absolute Gasteiger partial charge is 0.238 e. The lowest BCUT2D eigenvalue weighted by Crippen LogP contribution is -2.55. The number of carbonyl (C=O) groups excluding carboxylic acids is 1. The summed E-state index contributed by atoms with van der Waals surface area (Å²) in [4.78, 5) is 12.3. The van der Waals surface area contributed by atoms with Crippen molar-refractivity contribution in [3.63, 3.8) is 0 Å². The summed E-state index contributed by atoms with van der Waals surface area (Å²) in [7, 11) is -3.53. The lowest BCUT2D eigenvalue weighted by Gasteiger charge is -2.36. The maximum Gasteiger partial charge on any atom is 0.238 e. The summed E-state index contributed by atoms with van der Waals surface area (Å²) in [5.74, 6) is -4.90. The van der Waals surface area contributed by atoms with Crippen molar-refractivity contribution in [2.45, 2.75) is 45.3 Å². The first-order valence-electron chi connectivity index (χ1n) is 7.56. The summed E-state index contributed by atoms with van der Waals surface area (Å²) < 4.78 is 65.1. The van der Waals surface area contributed by atoms with Crippen LogP contribution < -0.4 is 5.32 Å². The molecule has 0 spiro atoms. The van der Waals surface area contributed by atoms with E-state index in [1.807, 2.05) is 0 Å². The SMILES string of the molecule is CC(C)N1C(C(=O)NCc2ccc(F)c(F)c2F)CCCS1(=O)=O. The highest BCUT2D eigenvalue weighted by atomic mass is 32.2. The standard InChI is InChI=1S/C15H19F3N2O3S/c1-9(2)20-12(4-3-7-24(20,22)23)15(21)19-8-10-5-6-11(16)14(18)13(10)17/h5-6,9,12H,3-4,7-8H2,1-2H3,(H,19,21). The first-order valence-corrected chi connectivity index (χ1v) is 9.17. The number of sulfonamides is 1. The Hall–Kier alpha value is -1.61. The van der Waals surface area contributed by atoms with Crippen LogP contribution in [0.3, 0.4) is 0 Å². The molecule has 1 saturated heterocycles. The van der Waals surface area contributed by atoms with Crippen molar-refractivity contribution in [2.24, 2.45) is 0 Å². The zero-order valence-electron chi connectivity index (χ0n) is 13.4. The van der Waals surface area contributed by atoms with Gasteiger partial charge in [0.25, 0.3) is 0 Å². The van der Waals surface area contributed by atoms with Crippen molar-refractivity contribution in [1.82, 2.24) is 9.62 Å². The molecule has 1 fully saturated rings. The number of carbonyl (C=O) groups is 1. The van der Waals surface area contributed by atoms with Gasteiger partial charge in [0.05, 0.1) is 5.75 Å². The summed E-state index contributed by atoms with van der Waals surface area (Å²) in [5, 5.41) is 2.40. The molecule has 1 aliphatic heterocycles. The van der Waals surface area contributed by atoms with E-state index in [0.717, 1.165) is 16.4 Å². The molecule has 1 heterocycles. The highest BCUT2D eigenvalue weighted by Gasteiger charge is 2.39. The van der Waals surface area contributed by atoms with E-state index in [4.69, 9.17) is 0 Å². The van der Waals surface area contributed by atoms with Crippen LogP contribution in [0.2, 0.25) is 0 Å². The molecule has 0 aliphatic carbocycles. The van der Waals surface area contributed by atoms with E-state index < -0.39 is 45.5 Å². The Balaban J connectivity index is 2.13. The van der Waals surface area contributed by atoms with Crippen molar-refractivity contribution >= 4 is 15.9 Å². The van der Waals surface area contributed by atoms with E-state index in [9.17, 15) is 26.4 Å². The van der Waals surface area contributed by atoms with Gasteiger partial charge in [-0.1, -0.05) is 6.07 Å². The zero-order valence-corrected chi connectivity index (χ0v) is 14.2. The van der Waals surface area contributed by atoms with Gasteiger partial charge in [-0.05, 0) is 32.8 Å². The molecular weight excluding hydrogens is 345 g/mol. The van der Waals surface area contributed by atoms with Crippen LogP contribution >= 0.6 is 0 Å². The third-order valence-corrected chi connectivity index (χ3v) is 6.01. The van der Waals surface area contributed by atoms with Gasteiger partial charge in [0.15, 0.2) is 17.5 Å². The zero-order chi connectivity index (χ0) is 18.1. The quantitative estimate of drug-likeness (QED) is 0.830. The fourth-order valence-electron chi connectivity index (χ4n) is 2.82. The van der Waals surface area contributed by atoms with Crippen molar-refractivity contribution < 1.29 is 26.4 Å². The highest BCUT2D eigenvalue weighted by molar-refractivity contribution is 7.89. The molecule has 0 saturated carbocycles. The minimum atomic E-state index is -3.53. The molecule has 1 aromatic carbocycles. The second-order valence-corrected chi connectivity index (χ2v) is 7.94. The molecule has 0 bridgehead atoms. The molecular formula is C15H19F3N2O3S. The lowest BCUT2D eigenvalue weighted by molar-refractivity contribution is -0.125. The van der Waals surface area contributed by atoms with Crippen LogP contribution in [0.5, 0.6) is 0 Å². The van der Waals surface area contributed by atoms with E-state index >= 15 is 0 Å². The average Bonchev–Trinajstić information content (AvgIpc) is 2.50. The number of nitrogens with one attached hydrogen (secondary N) is 1. The van der Waals surface area contributed by atoms with Crippen LogP contribution in [-0.2, 0) is 21.4 Å². The van der Waals surface area contributed by atoms with Gasteiger partial charge in [-0.3, -0.25) is 4.79 Å². The van der Waals surface area contributed by atoms with Gasteiger partial charge < -0.3 is 5.32 Å². The van der Waals surface area contributed by atoms with E-state index in [2.05, 4.69) is 5.32 Å². The maximum atomic E-state index is 13.6. The normalized spacial score (nSPS) is 21.0. The molecule has 24 heavy (non-hydrogen) atoms. The monoisotopic (exact) mass is 364 g/mol. The second-order valence-electron chi connectivity index (χ2n) is 5.95. The summed E-state index contributed by atoms with van der Waals surface area (Å²) in [6.45, 7) is 2.97. The van der Waals surface area contributed by atoms with Crippen molar-refractivity contribution in [3.05, 3.63) is 35.1 Å². The number of hydrogen-bond acceptors (Lipinski definition) is 3. The minimum absolute atomic E-state index is 0.0211. The molecule has 1 aliphatic rings. The molecule has 9 heteroatoms. The summed E-state index contributed by atoms with van der Waals surface area (Å²) >= 11 is 0. The van der Waals surface area contributed by atoms with Crippen LogP contribution in [0.1, 0.15) is 32.3 Å². The van der Waals surface area contributed by atoms with Crippen molar-refractivity contribution in [3.8, 4) is 0 Å². The molecule has 1 aromatic rings. The van der Waals surface area contributed by atoms with E-state index in [-0.39, 0.29) is 17.9 Å². The Morgan fingerprint density at radius 1 is 1.29 bits per heavy atom. The third-order valence-electron chi connectivity index (χ3n) is 3.89. The Labute approximate surface area is 138 Å². The molecule has 2 rings (SSSR count). The molecule has 5 nitrogen and oxygen atoms in total. The lowest BCUT2D eigenvalue weighted by atomic mass is 10.1. The van der Waals surface area contributed by atoms with Crippen molar-refractivity contribution in [1.29, 1.82) is 0 Å². The Kier molecular flexibility index (Phi) is 5.54. The third kappa shape index (κ3) is 3.72. The number of benzene rings is 1. The number of halogens is 3. The molecule has 0 aromatic heterocycles. The first kappa shape index (κ1) is 18.7. The number of nitrogens with zero attached hydrogens (tertiary/aromatic N) is 1.